The molecule has 1 fully saturated rings. The minimum atomic E-state index is -0.379. The number of aryl methyl sites for hydroxylation is 2. The third-order valence-corrected chi connectivity index (χ3v) is 7.35. The molecule has 1 aromatic carbocycles. The molecular formula is C27H37N7O3S. The second-order valence-electron chi connectivity index (χ2n) is 9.72. The first-order valence-electron chi connectivity index (χ1n) is 13.1. The number of nitrogens with zero attached hydrogens (tertiary/aromatic N) is 5. The van der Waals surface area contributed by atoms with E-state index < -0.39 is 0 Å². The molecule has 0 saturated carbocycles. The van der Waals surface area contributed by atoms with Crippen molar-refractivity contribution in [1.29, 1.82) is 0 Å². The van der Waals surface area contributed by atoms with Crippen LogP contribution in [-0.2, 0) is 20.9 Å². The average Bonchev–Trinajstić information content (AvgIpc) is 3.47. The van der Waals surface area contributed by atoms with Crippen LogP contribution in [0.4, 0.5) is 11.5 Å². The summed E-state index contributed by atoms with van der Waals surface area (Å²) in [5.74, 6) is 0.202. The molecule has 3 heterocycles. The summed E-state index contributed by atoms with van der Waals surface area (Å²) < 4.78 is 7.23. The van der Waals surface area contributed by atoms with E-state index in [-0.39, 0.29) is 24.2 Å². The van der Waals surface area contributed by atoms with Crippen molar-refractivity contribution in [3.8, 4) is 0 Å². The molecule has 1 unspecified atom stereocenters. The van der Waals surface area contributed by atoms with Gasteiger partial charge in [0.2, 0.25) is 11.8 Å². The van der Waals surface area contributed by atoms with Crippen LogP contribution in [0.25, 0.3) is 11.0 Å². The smallest absolute Gasteiger partial charge is 0.227 e. The fourth-order valence-corrected chi connectivity index (χ4v) is 5.04. The number of hydrogen-bond donors (Lipinski definition) is 2. The summed E-state index contributed by atoms with van der Waals surface area (Å²) in [4.78, 5) is 36.7. The number of amides is 2. The highest BCUT2D eigenvalue weighted by molar-refractivity contribution is 7.99. The zero-order valence-corrected chi connectivity index (χ0v) is 23.6. The number of carbonyl (C=O) groups excluding carboxylic acids is 2. The molecule has 10 nitrogen and oxygen atoms in total. The Morgan fingerprint density at radius 2 is 2.03 bits per heavy atom. The fraction of sp³-hybridized carbons (Fsp3) is 0.519. The Hall–Kier alpha value is -3.18. The number of ether oxygens (including phenoxy) is 1. The van der Waals surface area contributed by atoms with Gasteiger partial charge in [-0.1, -0.05) is 31.7 Å². The van der Waals surface area contributed by atoms with Crippen molar-refractivity contribution in [2.45, 2.75) is 58.0 Å². The summed E-state index contributed by atoms with van der Waals surface area (Å²) in [6.45, 7) is 13.3. The van der Waals surface area contributed by atoms with Gasteiger partial charge in [0.1, 0.15) is 5.82 Å². The van der Waals surface area contributed by atoms with Gasteiger partial charge in [-0.2, -0.15) is 5.10 Å². The number of nitrogens with one attached hydrogen (secondary N) is 2. The molecule has 1 aliphatic heterocycles. The van der Waals surface area contributed by atoms with Crippen LogP contribution in [0.2, 0.25) is 0 Å². The van der Waals surface area contributed by atoms with Crippen molar-refractivity contribution in [2.24, 2.45) is 5.92 Å². The first-order chi connectivity index (χ1) is 18.3. The van der Waals surface area contributed by atoms with Crippen LogP contribution in [-0.4, -0.2) is 69.7 Å². The van der Waals surface area contributed by atoms with Crippen LogP contribution in [0.3, 0.4) is 0 Å². The zero-order chi connectivity index (χ0) is 27.2. The lowest BCUT2D eigenvalue weighted by Gasteiger charge is -2.18. The van der Waals surface area contributed by atoms with E-state index in [4.69, 9.17) is 9.72 Å². The quantitative estimate of drug-likeness (QED) is 0.204. The summed E-state index contributed by atoms with van der Waals surface area (Å²) in [5, 5.41) is 12.7. The molecule has 0 bridgehead atoms. The molecule has 1 atom stereocenters. The Labute approximate surface area is 227 Å². The number of aromatic nitrogens is 4. The number of fused-ring (bicyclic) bond motifs is 1. The zero-order valence-electron chi connectivity index (χ0n) is 22.8. The van der Waals surface area contributed by atoms with Gasteiger partial charge in [-0.3, -0.25) is 9.59 Å². The van der Waals surface area contributed by atoms with Crippen molar-refractivity contribution >= 4 is 46.1 Å². The summed E-state index contributed by atoms with van der Waals surface area (Å²) in [5.41, 5.74) is 3.86. The average molecular weight is 540 g/mol. The number of carbonyl (C=O) groups is 2. The summed E-state index contributed by atoms with van der Waals surface area (Å²) >= 11 is 1.59. The van der Waals surface area contributed by atoms with E-state index in [0.29, 0.717) is 55.4 Å². The minimum Gasteiger partial charge on any atom is -0.380 e. The van der Waals surface area contributed by atoms with Crippen molar-refractivity contribution in [2.75, 3.05) is 43.1 Å². The topological polar surface area (TPSA) is 114 Å². The van der Waals surface area contributed by atoms with E-state index in [0.717, 1.165) is 22.5 Å². The van der Waals surface area contributed by atoms with Gasteiger partial charge in [0.25, 0.3) is 0 Å². The van der Waals surface area contributed by atoms with Crippen molar-refractivity contribution in [3.05, 3.63) is 35.5 Å². The lowest BCUT2D eigenvalue weighted by molar-refractivity contribution is -0.126. The fourth-order valence-electron chi connectivity index (χ4n) is 4.34. The Morgan fingerprint density at radius 3 is 2.76 bits per heavy atom. The van der Waals surface area contributed by atoms with Gasteiger partial charge >= 0.3 is 0 Å². The Morgan fingerprint density at radius 1 is 1.21 bits per heavy atom. The van der Waals surface area contributed by atoms with E-state index in [1.807, 2.05) is 39.0 Å². The van der Waals surface area contributed by atoms with Crippen molar-refractivity contribution in [1.82, 2.24) is 25.1 Å². The third-order valence-electron chi connectivity index (χ3n) is 6.48. The van der Waals surface area contributed by atoms with Crippen molar-refractivity contribution < 1.29 is 14.3 Å². The molecule has 2 amide bonds. The highest BCUT2D eigenvalue weighted by atomic mass is 32.2. The Kier molecular flexibility index (Phi) is 9.22. The molecule has 1 saturated heterocycles. The molecule has 1 aliphatic rings. The maximum absolute atomic E-state index is 12.9. The number of rotatable bonds is 12. The van der Waals surface area contributed by atoms with Gasteiger partial charge in [0.15, 0.2) is 10.8 Å². The SMILES string of the molecule is CCOCCNc1nc(SC(C)C)nc2c1cnn2CCNC(=O)C1CC(=O)N(c2ccc(C)c(C)c2)C1. The van der Waals surface area contributed by atoms with Gasteiger partial charge in [-0.05, 0) is 44.0 Å². The lowest BCUT2D eigenvalue weighted by Crippen LogP contribution is -2.35. The van der Waals surface area contributed by atoms with Crippen LogP contribution in [0.5, 0.6) is 0 Å². The summed E-state index contributed by atoms with van der Waals surface area (Å²) in [6.07, 6.45) is 1.96. The normalized spacial score (nSPS) is 15.6. The van der Waals surface area contributed by atoms with Crippen LogP contribution in [0, 0.1) is 19.8 Å². The van der Waals surface area contributed by atoms with E-state index >= 15 is 0 Å². The molecule has 0 spiro atoms. The number of thioether (sulfide) groups is 1. The van der Waals surface area contributed by atoms with Crippen LogP contribution >= 0.6 is 11.8 Å². The monoisotopic (exact) mass is 539 g/mol. The second kappa shape index (κ2) is 12.6. The van der Waals surface area contributed by atoms with Crippen LogP contribution in [0.15, 0.2) is 29.6 Å². The van der Waals surface area contributed by atoms with Crippen LogP contribution < -0.4 is 15.5 Å². The number of anilines is 2. The molecule has 3 aromatic rings. The van der Waals surface area contributed by atoms with Gasteiger partial charge < -0.3 is 20.3 Å². The number of hydrogen-bond acceptors (Lipinski definition) is 8. The first-order valence-corrected chi connectivity index (χ1v) is 14.0. The number of benzene rings is 1. The predicted octanol–water partition coefficient (Wildman–Crippen LogP) is 3.56. The summed E-state index contributed by atoms with van der Waals surface area (Å²) in [7, 11) is 0. The second-order valence-corrected chi connectivity index (χ2v) is 11.3. The van der Waals surface area contributed by atoms with E-state index in [2.05, 4.69) is 34.6 Å². The molecule has 11 heteroatoms. The van der Waals surface area contributed by atoms with Gasteiger partial charge in [-0.25, -0.2) is 14.6 Å². The van der Waals surface area contributed by atoms with E-state index in [9.17, 15) is 9.59 Å². The standard InChI is InChI=1S/C27H37N7O3S/c1-6-37-12-10-28-24-22-15-30-34(25(22)32-27(31-24)38-17(2)3)11-9-29-26(36)20-14-23(35)33(16-20)21-8-7-18(4)19(5)13-21/h7-8,13,15,17,20H,6,9-12,14,16H2,1-5H3,(H,29,36)(H,28,31,32). The molecule has 0 radical (unpaired) electrons. The molecule has 204 valence electrons. The minimum absolute atomic E-state index is 0.0253. The maximum atomic E-state index is 12.9. The van der Waals surface area contributed by atoms with E-state index in [1.54, 1.807) is 27.5 Å². The van der Waals surface area contributed by atoms with Crippen LogP contribution in [0.1, 0.15) is 38.3 Å². The largest absolute Gasteiger partial charge is 0.380 e. The molecule has 2 N–H and O–H groups in total. The lowest BCUT2D eigenvalue weighted by atomic mass is 10.1. The van der Waals surface area contributed by atoms with Gasteiger partial charge in [0.05, 0.1) is 30.7 Å². The molecule has 2 aromatic heterocycles. The van der Waals surface area contributed by atoms with Gasteiger partial charge in [0, 0.05) is 43.6 Å². The van der Waals surface area contributed by atoms with Crippen molar-refractivity contribution in [3.63, 3.8) is 0 Å². The maximum Gasteiger partial charge on any atom is 0.227 e. The molecule has 0 aliphatic carbocycles. The Balaban J connectivity index is 1.39. The van der Waals surface area contributed by atoms with E-state index in [1.165, 1.54) is 5.56 Å². The first kappa shape index (κ1) is 27.8. The predicted molar refractivity (Wildman–Crippen MR) is 151 cm³/mol. The summed E-state index contributed by atoms with van der Waals surface area (Å²) in [6, 6.07) is 5.95. The van der Waals surface area contributed by atoms with Gasteiger partial charge in [-0.15, -0.1) is 0 Å². The third kappa shape index (κ3) is 6.63. The highest BCUT2D eigenvalue weighted by Crippen LogP contribution is 2.28. The molecular weight excluding hydrogens is 502 g/mol. The highest BCUT2D eigenvalue weighted by Gasteiger charge is 2.35. The Bertz CT molecular complexity index is 1290. The molecule has 4 rings (SSSR count). The molecule has 38 heavy (non-hydrogen) atoms.